The highest BCUT2D eigenvalue weighted by Gasteiger charge is 2.34. The zero-order valence-corrected chi connectivity index (χ0v) is 16.3. The molecule has 1 amide bonds. The maximum atomic E-state index is 12.8. The van der Waals surface area contributed by atoms with E-state index in [-0.39, 0.29) is 17.5 Å². The topological polar surface area (TPSA) is 93.5 Å². The molecule has 1 aromatic heterocycles. The minimum absolute atomic E-state index is 0.00718. The van der Waals surface area contributed by atoms with Crippen molar-refractivity contribution in [3.05, 3.63) is 36.8 Å². The van der Waals surface area contributed by atoms with Crippen LogP contribution in [0.25, 0.3) is 0 Å². The lowest BCUT2D eigenvalue weighted by Gasteiger charge is -2.30. The van der Waals surface area contributed by atoms with Crippen LogP contribution in [0.1, 0.15) is 19.8 Å². The van der Waals surface area contributed by atoms with Gasteiger partial charge in [0.15, 0.2) is 5.03 Å². The van der Waals surface area contributed by atoms with Gasteiger partial charge >= 0.3 is 0 Å². The molecule has 1 aromatic carbocycles. The lowest BCUT2D eigenvalue weighted by atomic mass is 9.98. The average molecular weight is 392 g/mol. The molecule has 0 radical (unpaired) electrons. The first-order valence-electron chi connectivity index (χ1n) is 8.92. The van der Waals surface area contributed by atoms with E-state index in [0.29, 0.717) is 37.4 Å². The van der Waals surface area contributed by atoms with E-state index < -0.39 is 15.9 Å². The first-order valence-corrected chi connectivity index (χ1v) is 10.4. The van der Waals surface area contributed by atoms with Crippen molar-refractivity contribution < 1.29 is 17.9 Å². The highest BCUT2D eigenvalue weighted by atomic mass is 32.2. The zero-order chi connectivity index (χ0) is 19.4. The fourth-order valence-corrected chi connectivity index (χ4v) is 4.61. The van der Waals surface area contributed by atoms with Crippen molar-refractivity contribution in [2.45, 2.75) is 24.8 Å². The van der Waals surface area contributed by atoms with Gasteiger partial charge in [0.05, 0.1) is 24.5 Å². The van der Waals surface area contributed by atoms with Gasteiger partial charge < -0.3 is 14.6 Å². The molecule has 1 saturated heterocycles. The number of carbonyl (C=O) groups is 1. The molecule has 1 aliphatic heterocycles. The molecule has 0 saturated carbocycles. The highest BCUT2D eigenvalue weighted by Crippen LogP contribution is 2.27. The number of nitrogens with one attached hydrogen (secondary N) is 1. The number of aryl methyl sites for hydroxylation is 1. The Balaban J connectivity index is 1.72. The molecule has 8 nitrogen and oxygen atoms in total. The third kappa shape index (κ3) is 4.30. The average Bonchev–Trinajstić information content (AvgIpc) is 3.11. The van der Waals surface area contributed by atoms with Crippen LogP contribution in [-0.2, 0) is 21.9 Å². The van der Waals surface area contributed by atoms with Crippen LogP contribution in [0.4, 0.5) is 5.69 Å². The largest absolute Gasteiger partial charge is 0.492 e. The number of anilines is 1. The number of carbonyl (C=O) groups excluding carboxylic acids is 1. The summed E-state index contributed by atoms with van der Waals surface area (Å²) in [6.07, 6.45) is 4.18. The molecule has 0 aliphatic carbocycles. The van der Waals surface area contributed by atoms with E-state index in [2.05, 4.69) is 10.3 Å². The molecule has 1 fully saturated rings. The second kappa shape index (κ2) is 8.10. The summed E-state index contributed by atoms with van der Waals surface area (Å²) in [4.78, 5) is 16.7. The molecule has 3 rings (SSSR count). The quantitative estimate of drug-likeness (QED) is 0.810. The highest BCUT2D eigenvalue weighted by molar-refractivity contribution is 7.89. The predicted molar refractivity (Wildman–Crippen MR) is 101 cm³/mol. The van der Waals surface area contributed by atoms with Crippen LogP contribution >= 0.6 is 0 Å². The maximum absolute atomic E-state index is 12.8. The molecular weight excluding hydrogens is 368 g/mol. The fourth-order valence-electron chi connectivity index (χ4n) is 3.12. The molecule has 9 heteroatoms. The number of imidazole rings is 1. The zero-order valence-electron chi connectivity index (χ0n) is 15.5. The van der Waals surface area contributed by atoms with E-state index in [1.165, 1.54) is 16.8 Å². The number of hydrogen-bond donors (Lipinski definition) is 1. The van der Waals surface area contributed by atoms with Crippen molar-refractivity contribution in [2.75, 3.05) is 25.0 Å². The van der Waals surface area contributed by atoms with Gasteiger partial charge in [0.2, 0.25) is 5.91 Å². The van der Waals surface area contributed by atoms with Crippen LogP contribution in [0.3, 0.4) is 0 Å². The van der Waals surface area contributed by atoms with Gasteiger partial charge in [-0.15, -0.1) is 0 Å². The Morgan fingerprint density at radius 2 is 2.15 bits per heavy atom. The second-order valence-corrected chi connectivity index (χ2v) is 8.38. The molecular formula is C18H24N4O4S. The predicted octanol–water partition coefficient (Wildman–Crippen LogP) is 1.86. The summed E-state index contributed by atoms with van der Waals surface area (Å²) in [6, 6.07) is 7.21. The third-order valence-corrected chi connectivity index (χ3v) is 6.24. The van der Waals surface area contributed by atoms with Crippen LogP contribution in [-0.4, -0.2) is 47.9 Å². The number of hydrogen-bond acceptors (Lipinski definition) is 5. The standard InChI is InChI=1S/C18H24N4O4S/c1-3-26-16-9-5-4-8-15(16)20-18(23)14-7-6-10-22(11-14)27(24,25)17-12-21(2)13-19-17/h4-5,8-9,12-14H,3,6-7,10-11H2,1-2H3,(H,20,23)/t14-/m0/s1. The molecule has 2 aromatic rings. The Bertz CT molecular complexity index is 910. The van der Waals surface area contributed by atoms with Gasteiger partial charge in [-0.3, -0.25) is 4.79 Å². The Kier molecular flexibility index (Phi) is 5.81. The summed E-state index contributed by atoms with van der Waals surface area (Å²) in [7, 11) is -1.98. The minimum Gasteiger partial charge on any atom is -0.492 e. The Hall–Kier alpha value is -2.39. The number of para-hydroxylation sites is 2. The van der Waals surface area contributed by atoms with Crippen molar-refractivity contribution in [3.8, 4) is 5.75 Å². The van der Waals surface area contributed by atoms with Crippen molar-refractivity contribution >= 4 is 21.6 Å². The lowest BCUT2D eigenvalue weighted by molar-refractivity contribution is -0.120. The van der Waals surface area contributed by atoms with Gasteiger partial charge in [-0.25, -0.2) is 13.4 Å². The van der Waals surface area contributed by atoms with Crippen molar-refractivity contribution in [1.29, 1.82) is 0 Å². The Morgan fingerprint density at radius 1 is 1.37 bits per heavy atom. The van der Waals surface area contributed by atoms with E-state index in [1.54, 1.807) is 23.7 Å². The number of amides is 1. The van der Waals surface area contributed by atoms with Gasteiger partial charge in [0, 0.05) is 26.3 Å². The lowest BCUT2D eigenvalue weighted by Crippen LogP contribution is -2.43. The molecule has 146 valence electrons. The van der Waals surface area contributed by atoms with E-state index in [4.69, 9.17) is 4.74 Å². The fraction of sp³-hybridized carbons (Fsp3) is 0.444. The first kappa shape index (κ1) is 19.4. The summed E-state index contributed by atoms with van der Waals surface area (Å²) >= 11 is 0. The number of aromatic nitrogens is 2. The van der Waals surface area contributed by atoms with Gasteiger partial charge in [-0.05, 0) is 31.9 Å². The summed E-state index contributed by atoms with van der Waals surface area (Å²) in [5.41, 5.74) is 0.592. The Labute approximate surface area is 159 Å². The SMILES string of the molecule is CCOc1ccccc1NC(=O)[C@H]1CCCN(S(=O)(=O)c2cn(C)cn2)C1. The second-order valence-electron chi connectivity index (χ2n) is 6.50. The van der Waals surface area contributed by atoms with Gasteiger partial charge in [-0.2, -0.15) is 4.31 Å². The van der Waals surface area contributed by atoms with Crippen LogP contribution in [0.15, 0.2) is 41.8 Å². The van der Waals surface area contributed by atoms with E-state index >= 15 is 0 Å². The van der Waals surface area contributed by atoms with Gasteiger partial charge in [0.1, 0.15) is 5.75 Å². The molecule has 0 unspecified atom stereocenters. The monoisotopic (exact) mass is 392 g/mol. The minimum atomic E-state index is -3.70. The number of piperidine rings is 1. The summed E-state index contributed by atoms with van der Waals surface area (Å²) in [5.74, 6) is -0.0304. The maximum Gasteiger partial charge on any atom is 0.262 e. The molecule has 1 N–H and O–H groups in total. The number of nitrogens with zero attached hydrogens (tertiary/aromatic N) is 3. The summed E-state index contributed by atoms with van der Waals surface area (Å²) < 4.78 is 34.0. The van der Waals surface area contributed by atoms with Crippen LogP contribution in [0.2, 0.25) is 0 Å². The Morgan fingerprint density at radius 3 is 2.85 bits per heavy atom. The molecule has 1 atom stereocenters. The van der Waals surface area contributed by atoms with E-state index in [1.807, 2.05) is 19.1 Å². The normalized spacial score (nSPS) is 18.2. The molecule has 27 heavy (non-hydrogen) atoms. The van der Waals surface area contributed by atoms with E-state index in [9.17, 15) is 13.2 Å². The molecule has 0 bridgehead atoms. The van der Waals surface area contributed by atoms with Crippen LogP contribution in [0, 0.1) is 5.92 Å². The number of sulfonamides is 1. The number of ether oxygens (including phenoxy) is 1. The third-order valence-electron chi connectivity index (χ3n) is 4.49. The van der Waals surface area contributed by atoms with E-state index in [0.717, 1.165) is 0 Å². The first-order chi connectivity index (χ1) is 12.9. The van der Waals surface area contributed by atoms with Crippen LogP contribution in [0.5, 0.6) is 5.75 Å². The number of benzene rings is 1. The smallest absolute Gasteiger partial charge is 0.262 e. The number of rotatable bonds is 6. The van der Waals surface area contributed by atoms with Crippen molar-refractivity contribution in [2.24, 2.45) is 13.0 Å². The summed E-state index contributed by atoms with van der Waals surface area (Å²) in [5, 5.41) is 2.88. The van der Waals surface area contributed by atoms with Crippen LogP contribution < -0.4 is 10.1 Å². The van der Waals surface area contributed by atoms with Crippen molar-refractivity contribution in [3.63, 3.8) is 0 Å². The van der Waals surface area contributed by atoms with Crippen molar-refractivity contribution in [1.82, 2.24) is 13.9 Å². The molecule has 0 spiro atoms. The van der Waals surface area contributed by atoms with Gasteiger partial charge in [-0.1, -0.05) is 12.1 Å². The molecule has 1 aliphatic rings. The van der Waals surface area contributed by atoms with Gasteiger partial charge in [0.25, 0.3) is 10.0 Å². The molecule has 2 heterocycles. The summed E-state index contributed by atoms with van der Waals surface area (Å²) in [6.45, 7) is 2.90.